The van der Waals surface area contributed by atoms with Crippen LogP contribution >= 0.6 is 0 Å². The standard InChI is InChI=1S/C24H28N2O6S/c27-24(25-20-10-15-32-21-5-2-1-4-19(20)21)17-8-11-26(12-9-17)33(28,29)18-6-7-22-23(16-18)31-14-3-13-30-22/h1-2,4-7,16-17,20H,3,8-15H2,(H,25,27). The first-order valence-corrected chi connectivity index (χ1v) is 12.9. The number of ether oxygens (including phenoxy) is 3. The van der Waals surface area contributed by atoms with Crippen molar-refractivity contribution < 1.29 is 27.4 Å². The summed E-state index contributed by atoms with van der Waals surface area (Å²) < 4.78 is 44.8. The monoisotopic (exact) mass is 472 g/mol. The lowest BCUT2D eigenvalue weighted by atomic mass is 9.95. The fourth-order valence-electron chi connectivity index (χ4n) is 4.59. The summed E-state index contributed by atoms with van der Waals surface area (Å²) in [5, 5.41) is 3.15. The van der Waals surface area contributed by atoms with Gasteiger partial charge in [-0.2, -0.15) is 4.31 Å². The van der Waals surface area contributed by atoms with Crippen molar-refractivity contribution >= 4 is 15.9 Å². The second kappa shape index (κ2) is 9.23. The number of hydrogen-bond acceptors (Lipinski definition) is 6. The average molecular weight is 473 g/mol. The molecule has 1 amide bonds. The third kappa shape index (κ3) is 4.52. The van der Waals surface area contributed by atoms with E-state index in [1.807, 2.05) is 24.3 Å². The van der Waals surface area contributed by atoms with Crippen molar-refractivity contribution in [2.75, 3.05) is 32.9 Å². The summed E-state index contributed by atoms with van der Waals surface area (Å²) in [5.41, 5.74) is 0.992. The van der Waals surface area contributed by atoms with E-state index in [2.05, 4.69) is 5.32 Å². The summed E-state index contributed by atoms with van der Waals surface area (Å²) >= 11 is 0. The zero-order valence-electron chi connectivity index (χ0n) is 18.4. The molecule has 176 valence electrons. The van der Waals surface area contributed by atoms with Gasteiger partial charge in [-0.25, -0.2) is 8.42 Å². The van der Waals surface area contributed by atoms with Gasteiger partial charge in [0.2, 0.25) is 15.9 Å². The summed E-state index contributed by atoms with van der Waals surface area (Å²) in [6, 6.07) is 12.4. The SMILES string of the molecule is O=C(NC1CCOc2ccccc21)C1CCN(S(=O)(=O)c2ccc3c(c2)OCCCO3)CC1. The summed E-state index contributed by atoms with van der Waals surface area (Å²) in [4.78, 5) is 13.1. The molecular formula is C24H28N2O6S. The summed E-state index contributed by atoms with van der Waals surface area (Å²) in [6.07, 6.45) is 2.45. The van der Waals surface area contributed by atoms with Crippen molar-refractivity contribution in [3.05, 3.63) is 48.0 Å². The van der Waals surface area contributed by atoms with Crippen molar-refractivity contribution in [2.24, 2.45) is 5.92 Å². The lowest BCUT2D eigenvalue weighted by Gasteiger charge is -2.32. The van der Waals surface area contributed by atoms with Crippen LogP contribution in [0.25, 0.3) is 0 Å². The van der Waals surface area contributed by atoms with Crippen LogP contribution in [0.4, 0.5) is 0 Å². The lowest BCUT2D eigenvalue weighted by molar-refractivity contribution is -0.127. The molecule has 2 aromatic carbocycles. The number of nitrogens with one attached hydrogen (secondary N) is 1. The van der Waals surface area contributed by atoms with Crippen LogP contribution in [0.5, 0.6) is 17.2 Å². The number of hydrogen-bond donors (Lipinski definition) is 1. The fraction of sp³-hybridized carbons (Fsp3) is 0.458. The minimum absolute atomic E-state index is 0.0238. The molecule has 0 saturated carbocycles. The van der Waals surface area contributed by atoms with E-state index in [-0.39, 0.29) is 22.8 Å². The minimum Gasteiger partial charge on any atom is -0.493 e. The molecule has 3 aliphatic heterocycles. The van der Waals surface area contributed by atoms with E-state index in [1.165, 1.54) is 10.4 Å². The third-order valence-electron chi connectivity index (χ3n) is 6.46. The number of sulfonamides is 1. The molecule has 0 spiro atoms. The quantitative estimate of drug-likeness (QED) is 0.736. The lowest BCUT2D eigenvalue weighted by Crippen LogP contribution is -2.44. The zero-order valence-corrected chi connectivity index (χ0v) is 19.2. The molecule has 1 fully saturated rings. The van der Waals surface area contributed by atoms with Crippen LogP contribution in [-0.4, -0.2) is 51.5 Å². The second-order valence-electron chi connectivity index (χ2n) is 8.57. The molecule has 3 heterocycles. The first-order chi connectivity index (χ1) is 16.0. The Balaban J connectivity index is 1.22. The molecular weight excluding hydrogens is 444 g/mol. The Morgan fingerprint density at radius 2 is 1.61 bits per heavy atom. The van der Waals surface area contributed by atoms with Crippen molar-refractivity contribution in [3.63, 3.8) is 0 Å². The van der Waals surface area contributed by atoms with Gasteiger partial charge in [0.05, 0.1) is 30.8 Å². The molecule has 1 unspecified atom stereocenters. The molecule has 33 heavy (non-hydrogen) atoms. The second-order valence-corrected chi connectivity index (χ2v) is 10.5. The maximum absolute atomic E-state index is 13.2. The van der Waals surface area contributed by atoms with Gasteiger partial charge in [-0.05, 0) is 31.0 Å². The van der Waals surface area contributed by atoms with Crippen LogP contribution in [0.3, 0.4) is 0 Å². The van der Waals surface area contributed by atoms with E-state index in [1.54, 1.807) is 12.1 Å². The maximum Gasteiger partial charge on any atom is 0.243 e. The van der Waals surface area contributed by atoms with Gasteiger partial charge in [-0.3, -0.25) is 4.79 Å². The molecule has 1 atom stereocenters. The summed E-state index contributed by atoms with van der Waals surface area (Å²) in [7, 11) is -3.67. The Hall–Kier alpha value is -2.78. The van der Waals surface area contributed by atoms with Gasteiger partial charge in [0.15, 0.2) is 11.5 Å². The molecule has 0 aromatic heterocycles. The Morgan fingerprint density at radius 3 is 2.42 bits per heavy atom. The van der Waals surface area contributed by atoms with Gasteiger partial charge in [0, 0.05) is 43.5 Å². The predicted octanol–water partition coefficient (Wildman–Crippen LogP) is 2.89. The van der Waals surface area contributed by atoms with Crippen LogP contribution in [0, 0.1) is 5.92 Å². The van der Waals surface area contributed by atoms with E-state index < -0.39 is 10.0 Å². The van der Waals surface area contributed by atoms with E-state index >= 15 is 0 Å². The van der Waals surface area contributed by atoms with Crippen molar-refractivity contribution in [1.82, 2.24) is 9.62 Å². The highest BCUT2D eigenvalue weighted by atomic mass is 32.2. The number of rotatable bonds is 4. The molecule has 1 N–H and O–H groups in total. The smallest absolute Gasteiger partial charge is 0.243 e. The number of carbonyl (C=O) groups excluding carboxylic acids is 1. The van der Waals surface area contributed by atoms with Crippen LogP contribution in [0.2, 0.25) is 0 Å². The van der Waals surface area contributed by atoms with Gasteiger partial charge in [-0.15, -0.1) is 0 Å². The summed E-state index contributed by atoms with van der Waals surface area (Å²) in [5.74, 6) is 1.60. The van der Waals surface area contributed by atoms with E-state index in [9.17, 15) is 13.2 Å². The Kier molecular flexibility index (Phi) is 6.16. The van der Waals surface area contributed by atoms with E-state index in [0.717, 1.165) is 24.2 Å². The van der Waals surface area contributed by atoms with Crippen molar-refractivity contribution in [1.29, 1.82) is 0 Å². The molecule has 1 saturated heterocycles. The van der Waals surface area contributed by atoms with Crippen molar-refractivity contribution in [2.45, 2.75) is 36.6 Å². The topological polar surface area (TPSA) is 94.2 Å². The van der Waals surface area contributed by atoms with Gasteiger partial charge in [0.25, 0.3) is 0 Å². The van der Waals surface area contributed by atoms with Crippen LogP contribution in [0.1, 0.15) is 37.3 Å². The van der Waals surface area contributed by atoms with Gasteiger partial charge >= 0.3 is 0 Å². The number of piperidine rings is 1. The largest absolute Gasteiger partial charge is 0.493 e. The normalized spacial score (nSPS) is 21.4. The minimum atomic E-state index is -3.67. The highest BCUT2D eigenvalue weighted by Crippen LogP contribution is 2.35. The molecule has 0 aliphatic carbocycles. The van der Waals surface area contributed by atoms with Crippen LogP contribution in [-0.2, 0) is 14.8 Å². The molecule has 5 rings (SSSR count). The highest BCUT2D eigenvalue weighted by molar-refractivity contribution is 7.89. The first-order valence-electron chi connectivity index (χ1n) is 11.4. The molecule has 3 aliphatic rings. The van der Waals surface area contributed by atoms with E-state index in [4.69, 9.17) is 14.2 Å². The van der Waals surface area contributed by atoms with Crippen LogP contribution in [0.15, 0.2) is 47.4 Å². The number of fused-ring (bicyclic) bond motifs is 2. The van der Waals surface area contributed by atoms with Gasteiger partial charge < -0.3 is 19.5 Å². The molecule has 0 bridgehead atoms. The Bertz CT molecular complexity index is 1130. The van der Waals surface area contributed by atoms with E-state index in [0.29, 0.717) is 57.3 Å². The average Bonchev–Trinajstić information content (AvgIpc) is 3.09. The van der Waals surface area contributed by atoms with Gasteiger partial charge in [0.1, 0.15) is 5.75 Å². The number of amides is 1. The van der Waals surface area contributed by atoms with Gasteiger partial charge in [-0.1, -0.05) is 18.2 Å². The Morgan fingerprint density at radius 1 is 0.879 bits per heavy atom. The molecule has 2 aromatic rings. The maximum atomic E-state index is 13.2. The van der Waals surface area contributed by atoms with Crippen LogP contribution < -0.4 is 19.5 Å². The predicted molar refractivity (Wildman–Crippen MR) is 121 cm³/mol. The summed E-state index contributed by atoms with van der Waals surface area (Å²) in [6.45, 7) is 2.22. The number of para-hydroxylation sites is 1. The number of nitrogens with zero attached hydrogens (tertiary/aromatic N) is 1. The zero-order chi connectivity index (χ0) is 22.8. The third-order valence-corrected chi connectivity index (χ3v) is 8.35. The fourth-order valence-corrected chi connectivity index (χ4v) is 6.08. The number of carbonyl (C=O) groups is 1. The Labute approximate surface area is 193 Å². The molecule has 9 heteroatoms. The highest BCUT2D eigenvalue weighted by Gasteiger charge is 2.34. The molecule has 0 radical (unpaired) electrons. The number of benzene rings is 2. The molecule has 8 nitrogen and oxygen atoms in total. The van der Waals surface area contributed by atoms with Crippen molar-refractivity contribution in [3.8, 4) is 17.2 Å². The first kappa shape index (κ1) is 22.0.